The zero-order valence-corrected chi connectivity index (χ0v) is 11.8. The first kappa shape index (κ1) is 14.4. The number of nitrogens with two attached hydrogens (primary N) is 1. The molecule has 19 heavy (non-hydrogen) atoms. The molecule has 0 heterocycles. The highest BCUT2D eigenvalue weighted by atomic mass is 16.5. The number of benzene rings is 1. The summed E-state index contributed by atoms with van der Waals surface area (Å²) in [6, 6.07) is 6.42. The normalized spacial score (nSPS) is 17.0. The third-order valence-electron chi connectivity index (χ3n) is 4.18. The van der Waals surface area contributed by atoms with Crippen LogP contribution in [0.4, 0.5) is 0 Å². The van der Waals surface area contributed by atoms with Gasteiger partial charge in [0.1, 0.15) is 5.75 Å². The number of fused-ring (bicyclic) bond motifs is 1. The highest BCUT2D eigenvalue weighted by Crippen LogP contribution is 2.26. The molecule has 3 nitrogen and oxygen atoms in total. The van der Waals surface area contributed by atoms with Gasteiger partial charge in [-0.15, -0.1) is 0 Å². The lowest BCUT2D eigenvalue weighted by Crippen LogP contribution is -2.43. The lowest BCUT2D eigenvalue weighted by atomic mass is 9.93. The monoisotopic (exact) mass is 263 g/mol. The van der Waals surface area contributed by atoms with Gasteiger partial charge in [0, 0.05) is 5.54 Å². The Bertz CT molecular complexity index is 413. The summed E-state index contributed by atoms with van der Waals surface area (Å²) in [6.45, 7) is 2.72. The minimum Gasteiger partial charge on any atom is -0.494 e. The van der Waals surface area contributed by atoms with Crippen molar-refractivity contribution in [3.8, 4) is 5.75 Å². The van der Waals surface area contributed by atoms with E-state index >= 15 is 0 Å². The van der Waals surface area contributed by atoms with Crippen LogP contribution in [0, 0.1) is 0 Å². The molecule has 0 fully saturated rings. The predicted molar refractivity (Wildman–Crippen MR) is 77.5 cm³/mol. The van der Waals surface area contributed by atoms with E-state index in [1.165, 1.54) is 30.4 Å². The maximum atomic E-state index is 9.24. The lowest BCUT2D eigenvalue weighted by Gasteiger charge is -2.25. The molecule has 0 radical (unpaired) electrons. The van der Waals surface area contributed by atoms with Crippen LogP contribution in [0.25, 0.3) is 0 Å². The van der Waals surface area contributed by atoms with Crippen molar-refractivity contribution in [1.29, 1.82) is 0 Å². The highest BCUT2D eigenvalue weighted by Gasteiger charge is 2.20. The molecular weight excluding hydrogens is 238 g/mol. The second-order valence-electron chi connectivity index (χ2n) is 5.61. The summed E-state index contributed by atoms with van der Waals surface area (Å²) in [4.78, 5) is 0. The van der Waals surface area contributed by atoms with Crippen molar-refractivity contribution >= 4 is 0 Å². The third kappa shape index (κ3) is 3.71. The average molecular weight is 263 g/mol. The van der Waals surface area contributed by atoms with E-state index in [4.69, 9.17) is 10.5 Å². The fraction of sp³-hybridized carbons (Fsp3) is 0.625. The summed E-state index contributed by atoms with van der Waals surface area (Å²) in [5, 5.41) is 9.24. The quantitative estimate of drug-likeness (QED) is 0.743. The van der Waals surface area contributed by atoms with E-state index in [-0.39, 0.29) is 6.61 Å². The lowest BCUT2D eigenvalue weighted by molar-refractivity contribution is 0.171. The number of hydrogen-bond acceptors (Lipinski definition) is 3. The van der Waals surface area contributed by atoms with Crippen LogP contribution in [0.3, 0.4) is 0 Å². The van der Waals surface area contributed by atoms with E-state index in [0.29, 0.717) is 6.61 Å². The van der Waals surface area contributed by atoms with Crippen molar-refractivity contribution in [3.63, 3.8) is 0 Å². The van der Waals surface area contributed by atoms with Crippen molar-refractivity contribution < 1.29 is 9.84 Å². The maximum Gasteiger partial charge on any atom is 0.119 e. The predicted octanol–water partition coefficient (Wildman–Crippen LogP) is 2.43. The Hall–Kier alpha value is -1.06. The van der Waals surface area contributed by atoms with Gasteiger partial charge in [-0.2, -0.15) is 0 Å². The molecule has 0 bridgehead atoms. The molecule has 1 aromatic carbocycles. The van der Waals surface area contributed by atoms with Gasteiger partial charge in [0.15, 0.2) is 0 Å². The summed E-state index contributed by atoms with van der Waals surface area (Å²) in [6.07, 6.45) is 6.12. The zero-order valence-electron chi connectivity index (χ0n) is 11.8. The van der Waals surface area contributed by atoms with Crippen molar-refractivity contribution in [2.75, 3.05) is 13.2 Å². The molecule has 106 valence electrons. The van der Waals surface area contributed by atoms with E-state index in [0.717, 1.165) is 25.0 Å². The van der Waals surface area contributed by atoms with Crippen LogP contribution in [0.1, 0.15) is 43.7 Å². The van der Waals surface area contributed by atoms with E-state index in [9.17, 15) is 5.11 Å². The molecule has 0 aliphatic heterocycles. The molecule has 1 aromatic rings. The fourth-order valence-corrected chi connectivity index (χ4v) is 2.62. The van der Waals surface area contributed by atoms with E-state index < -0.39 is 5.54 Å². The standard InChI is InChI=1S/C16H25NO2/c1-2-16(17,12-18)9-4-10-19-15-8-7-13-5-3-6-14(13)11-15/h7-8,11,18H,2-6,9-10,12,17H2,1H3. The smallest absolute Gasteiger partial charge is 0.119 e. The summed E-state index contributed by atoms with van der Waals surface area (Å²) in [7, 11) is 0. The van der Waals surface area contributed by atoms with Gasteiger partial charge < -0.3 is 15.6 Å². The Balaban J connectivity index is 1.77. The summed E-state index contributed by atoms with van der Waals surface area (Å²) in [5.41, 5.74) is 8.51. The van der Waals surface area contributed by atoms with Crippen molar-refractivity contribution in [2.24, 2.45) is 5.73 Å². The second kappa shape index (κ2) is 6.40. The molecule has 0 saturated carbocycles. The highest BCUT2D eigenvalue weighted by molar-refractivity contribution is 5.38. The molecule has 1 aliphatic rings. The molecule has 0 spiro atoms. The topological polar surface area (TPSA) is 55.5 Å². The largest absolute Gasteiger partial charge is 0.494 e. The van der Waals surface area contributed by atoms with Crippen molar-refractivity contribution in [3.05, 3.63) is 29.3 Å². The summed E-state index contributed by atoms with van der Waals surface area (Å²) >= 11 is 0. The maximum absolute atomic E-state index is 9.24. The van der Waals surface area contributed by atoms with Gasteiger partial charge in [-0.25, -0.2) is 0 Å². The minimum atomic E-state index is -0.443. The molecule has 3 heteroatoms. The number of aryl methyl sites for hydroxylation is 2. The van der Waals surface area contributed by atoms with Gasteiger partial charge in [-0.1, -0.05) is 13.0 Å². The minimum absolute atomic E-state index is 0.0440. The SMILES string of the molecule is CCC(N)(CO)CCCOc1ccc2c(c1)CCC2. The molecular formula is C16H25NO2. The Morgan fingerprint density at radius 3 is 2.84 bits per heavy atom. The van der Waals surface area contributed by atoms with E-state index in [2.05, 4.69) is 18.2 Å². The first-order valence-corrected chi connectivity index (χ1v) is 7.31. The molecule has 3 N–H and O–H groups in total. The Labute approximate surface area is 115 Å². The molecule has 1 atom stereocenters. The summed E-state index contributed by atoms with van der Waals surface area (Å²) in [5.74, 6) is 0.962. The van der Waals surface area contributed by atoms with Crippen LogP contribution >= 0.6 is 0 Å². The van der Waals surface area contributed by atoms with E-state index in [1.54, 1.807) is 0 Å². The Morgan fingerprint density at radius 2 is 2.11 bits per heavy atom. The van der Waals surface area contributed by atoms with Crippen LogP contribution in [0.2, 0.25) is 0 Å². The number of aliphatic hydroxyl groups excluding tert-OH is 1. The molecule has 0 amide bonds. The fourth-order valence-electron chi connectivity index (χ4n) is 2.62. The zero-order chi connectivity index (χ0) is 13.7. The molecule has 1 aliphatic carbocycles. The second-order valence-corrected chi connectivity index (χ2v) is 5.61. The van der Waals surface area contributed by atoms with Gasteiger partial charge >= 0.3 is 0 Å². The number of ether oxygens (including phenoxy) is 1. The van der Waals surface area contributed by atoms with Crippen molar-refractivity contribution in [2.45, 2.75) is 51.0 Å². The number of hydrogen-bond donors (Lipinski definition) is 2. The Kier molecular flexibility index (Phi) is 4.83. The average Bonchev–Trinajstić information content (AvgIpc) is 2.91. The van der Waals surface area contributed by atoms with Gasteiger partial charge in [-0.05, 0) is 61.8 Å². The first-order chi connectivity index (χ1) is 9.17. The van der Waals surface area contributed by atoms with Crippen LogP contribution in [-0.2, 0) is 12.8 Å². The van der Waals surface area contributed by atoms with Crippen LogP contribution < -0.4 is 10.5 Å². The van der Waals surface area contributed by atoms with Gasteiger partial charge in [-0.3, -0.25) is 0 Å². The van der Waals surface area contributed by atoms with E-state index in [1.807, 2.05) is 6.92 Å². The van der Waals surface area contributed by atoms with Gasteiger partial charge in [0.2, 0.25) is 0 Å². The first-order valence-electron chi connectivity index (χ1n) is 7.31. The molecule has 0 aromatic heterocycles. The number of rotatable bonds is 7. The van der Waals surface area contributed by atoms with Crippen LogP contribution in [-0.4, -0.2) is 23.9 Å². The summed E-state index contributed by atoms with van der Waals surface area (Å²) < 4.78 is 5.78. The number of aliphatic hydroxyl groups is 1. The molecule has 1 unspecified atom stereocenters. The third-order valence-corrected chi connectivity index (χ3v) is 4.18. The van der Waals surface area contributed by atoms with Crippen LogP contribution in [0.5, 0.6) is 5.75 Å². The van der Waals surface area contributed by atoms with Gasteiger partial charge in [0.25, 0.3) is 0 Å². The van der Waals surface area contributed by atoms with Crippen molar-refractivity contribution in [1.82, 2.24) is 0 Å². The molecule has 0 saturated heterocycles. The molecule has 2 rings (SSSR count). The Morgan fingerprint density at radius 1 is 1.32 bits per heavy atom. The van der Waals surface area contributed by atoms with Crippen LogP contribution in [0.15, 0.2) is 18.2 Å². The van der Waals surface area contributed by atoms with Gasteiger partial charge in [0.05, 0.1) is 13.2 Å².